The first-order valence-corrected chi connectivity index (χ1v) is 8.92. The highest BCUT2D eigenvalue weighted by Crippen LogP contribution is 2.16. The summed E-state index contributed by atoms with van der Waals surface area (Å²) in [6, 6.07) is 10.4. The first-order valence-electron chi connectivity index (χ1n) is 8.92. The number of carbonyl (C=O) groups is 2. The van der Waals surface area contributed by atoms with Crippen LogP contribution >= 0.6 is 0 Å². The number of benzene rings is 1. The number of rotatable bonds is 5. The van der Waals surface area contributed by atoms with Gasteiger partial charge in [-0.05, 0) is 50.4 Å². The van der Waals surface area contributed by atoms with Gasteiger partial charge >= 0.3 is 5.97 Å². The molecule has 27 heavy (non-hydrogen) atoms. The van der Waals surface area contributed by atoms with Crippen LogP contribution in [0.1, 0.15) is 27.8 Å². The van der Waals surface area contributed by atoms with Crippen molar-refractivity contribution in [2.45, 2.75) is 6.92 Å². The third-order valence-corrected chi connectivity index (χ3v) is 4.34. The Hall–Kier alpha value is -3.00. The molecule has 2 heterocycles. The molecule has 1 N–H and O–H groups in total. The molecule has 0 saturated carbocycles. The minimum atomic E-state index is -0.497. The number of hydrogen-bond donors (Lipinski definition) is 1. The highest BCUT2D eigenvalue weighted by atomic mass is 16.5. The summed E-state index contributed by atoms with van der Waals surface area (Å²) in [5.41, 5.74) is 1.60. The van der Waals surface area contributed by atoms with Gasteiger partial charge in [0.05, 0.1) is 6.61 Å². The van der Waals surface area contributed by atoms with Crippen molar-refractivity contribution in [3.8, 4) is 0 Å². The number of carbonyl (C=O) groups excluding carboxylic acids is 2. The molecule has 142 valence electrons. The maximum Gasteiger partial charge on any atom is 0.358 e. The first-order chi connectivity index (χ1) is 13.1. The van der Waals surface area contributed by atoms with E-state index in [0.29, 0.717) is 18.0 Å². The third kappa shape index (κ3) is 4.79. The quantitative estimate of drug-likeness (QED) is 0.804. The number of aromatic nitrogens is 2. The van der Waals surface area contributed by atoms with Gasteiger partial charge in [0.2, 0.25) is 0 Å². The normalized spacial score (nSPS) is 14.7. The molecule has 1 amide bonds. The Morgan fingerprint density at radius 3 is 2.33 bits per heavy atom. The molecule has 2 aromatic rings. The lowest BCUT2D eigenvalue weighted by Gasteiger charge is -2.32. The molecular formula is C19H23N5O3. The summed E-state index contributed by atoms with van der Waals surface area (Å²) in [7, 11) is 2.06. The van der Waals surface area contributed by atoms with Crippen molar-refractivity contribution in [2.24, 2.45) is 0 Å². The minimum Gasteiger partial charge on any atom is -0.461 e. The Morgan fingerprint density at radius 2 is 1.74 bits per heavy atom. The van der Waals surface area contributed by atoms with Crippen molar-refractivity contribution >= 4 is 23.4 Å². The second-order valence-electron chi connectivity index (χ2n) is 6.32. The van der Waals surface area contributed by atoms with Crippen LogP contribution in [-0.4, -0.2) is 71.7 Å². The number of amides is 1. The SMILES string of the molecule is CCOC(=O)c1ccc(Nc2ccc(C(=O)N3CCN(C)CC3)cc2)nn1. The largest absolute Gasteiger partial charge is 0.461 e. The highest BCUT2D eigenvalue weighted by molar-refractivity contribution is 5.94. The Bertz CT molecular complexity index is 784. The summed E-state index contributed by atoms with van der Waals surface area (Å²) in [6.07, 6.45) is 0. The summed E-state index contributed by atoms with van der Waals surface area (Å²) < 4.78 is 4.88. The van der Waals surface area contributed by atoms with E-state index in [2.05, 4.69) is 27.5 Å². The topological polar surface area (TPSA) is 87.7 Å². The second kappa shape index (κ2) is 8.59. The van der Waals surface area contributed by atoms with Gasteiger partial charge in [0.25, 0.3) is 5.91 Å². The van der Waals surface area contributed by atoms with E-state index in [-0.39, 0.29) is 11.6 Å². The van der Waals surface area contributed by atoms with Crippen molar-refractivity contribution in [2.75, 3.05) is 45.2 Å². The Labute approximate surface area is 158 Å². The van der Waals surface area contributed by atoms with Crippen LogP contribution in [0.15, 0.2) is 36.4 Å². The number of nitrogens with zero attached hydrogens (tertiary/aromatic N) is 4. The molecule has 1 fully saturated rings. The van der Waals surface area contributed by atoms with E-state index >= 15 is 0 Å². The Morgan fingerprint density at radius 1 is 1.04 bits per heavy atom. The van der Waals surface area contributed by atoms with Gasteiger partial charge < -0.3 is 19.9 Å². The van der Waals surface area contributed by atoms with Crippen LogP contribution in [-0.2, 0) is 4.74 Å². The molecule has 8 nitrogen and oxygen atoms in total. The first kappa shape index (κ1) is 18.8. The lowest BCUT2D eigenvalue weighted by atomic mass is 10.1. The minimum absolute atomic E-state index is 0.0493. The molecule has 0 radical (unpaired) electrons. The van der Waals surface area contributed by atoms with Gasteiger partial charge in [0.1, 0.15) is 0 Å². The van der Waals surface area contributed by atoms with E-state index in [1.807, 2.05) is 17.0 Å². The van der Waals surface area contributed by atoms with Gasteiger partial charge in [-0.15, -0.1) is 10.2 Å². The predicted molar refractivity (Wildman–Crippen MR) is 101 cm³/mol. The van der Waals surface area contributed by atoms with Gasteiger partial charge in [0, 0.05) is 37.4 Å². The van der Waals surface area contributed by atoms with E-state index in [9.17, 15) is 9.59 Å². The van der Waals surface area contributed by atoms with Crippen molar-refractivity contribution in [1.82, 2.24) is 20.0 Å². The number of piperazine rings is 1. The molecule has 1 aliphatic heterocycles. The van der Waals surface area contributed by atoms with Crippen molar-refractivity contribution < 1.29 is 14.3 Å². The fraction of sp³-hybridized carbons (Fsp3) is 0.368. The Kier molecular flexibility index (Phi) is 5.97. The van der Waals surface area contributed by atoms with Crippen LogP contribution in [0.4, 0.5) is 11.5 Å². The summed E-state index contributed by atoms with van der Waals surface area (Å²) in [5, 5.41) is 10.9. The molecule has 1 aliphatic rings. The van der Waals surface area contributed by atoms with E-state index in [0.717, 1.165) is 31.9 Å². The van der Waals surface area contributed by atoms with Crippen LogP contribution in [0.25, 0.3) is 0 Å². The zero-order chi connectivity index (χ0) is 19.2. The second-order valence-corrected chi connectivity index (χ2v) is 6.32. The molecular weight excluding hydrogens is 346 g/mol. The molecule has 0 unspecified atom stereocenters. The van der Waals surface area contributed by atoms with E-state index in [4.69, 9.17) is 4.74 Å². The van der Waals surface area contributed by atoms with Gasteiger partial charge in [0.15, 0.2) is 11.5 Å². The number of hydrogen-bond acceptors (Lipinski definition) is 7. The van der Waals surface area contributed by atoms with Crippen LogP contribution in [0.3, 0.4) is 0 Å². The lowest BCUT2D eigenvalue weighted by Crippen LogP contribution is -2.47. The summed E-state index contributed by atoms with van der Waals surface area (Å²) >= 11 is 0. The van der Waals surface area contributed by atoms with Crippen molar-refractivity contribution in [1.29, 1.82) is 0 Å². The van der Waals surface area contributed by atoms with Gasteiger partial charge in [-0.2, -0.15) is 0 Å². The summed E-state index contributed by atoms with van der Waals surface area (Å²) in [5.74, 6) is 0.0535. The maximum absolute atomic E-state index is 12.6. The standard InChI is InChI=1S/C19H23N5O3/c1-3-27-19(26)16-8-9-17(22-21-16)20-15-6-4-14(5-7-15)18(25)24-12-10-23(2)11-13-24/h4-9H,3,10-13H2,1-2H3,(H,20,22). The van der Waals surface area contributed by atoms with Crippen molar-refractivity contribution in [3.63, 3.8) is 0 Å². The molecule has 1 saturated heterocycles. The van der Waals surface area contributed by atoms with Gasteiger partial charge in [-0.25, -0.2) is 4.79 Å². The number of anilines is 2. The maximum atomic E-state index is 12.6. The van der Waals surface area contributed by atoms with E-state index < -0.39 is 5.97 Å². The number of likely N-dealkylation sites (N-methyl/N-ethyl adjacent to an activating group) is 1. The van der Waals surface area contributed by atoms with Gasteiger partial charge in [-0.1, -0.05) is 0 Å². The summed E-state index contributed by atoms with van der Waals surface area (Å²) in [4.78, 5) is 28.2. The van der Waals surface area contributed by atoms with Crippen molar-refractivity contribution in [3.05, 3.63) is 47.7 Å². The van der Waals surface area contributed by atoms with E-state index in [1.165, 1.54) is 0 Å². The Balaban J connectivity index is 1.60. The predicted octanol–water partition coefficient (Wildman–Crippen LogP) is 1.78. The zero-order valence-electron chi connectivity index (χ0n) is 15.5. The smallest absolute Gasteiger partial charge is 0.358 e. The van der Waals surface area contributed by atoms with Crippen LogP contribution in [0.2, 0.25) is 0 Å². The molecule has 1 aromatic carbocycles. The average Bonchev–Trinajstić information content (AvgIpc) is 2.69. The van der Waals surface area contributed by atoms with Gasteiger partial charge in [-0.3, -0.25) is 4.79 Å². The molecule has 1 aromatic heterocycles. The molecule has 8 heteroatoms. The molecule has 0 bridgehead atoms. The lowest BCUT2D eigenvalue weighted by molar-refractivity contribution is 0.0517. The summed E-state index contributed by atoms with van der Waals surface area (Å²) in [6.45, 7) is 5.31. The highest BCUT2D eigenvalue weighted by Gasteiger charge is 2.20. The number of nitrogens with one attached hydrogen (secondary N) is 1. The number of esters is 1. The molecule has 3 rings (SSSR count). The molecule has 0 aliphatic carbocycles. The average molecular weight is 369 g/mol. The van der Waals surface area contributed by atoms with E-state index in [1.54, 1.807) is 31.2 Å². The fourth-order valence-corrected chi connectivity index (χ4v) is 2.75. The fourth-order valence-electron chi connectivity index (χ4n) is 2.75. The van der Waals surface area contributed by atoms with Crippen LogP contribution in [0, 0.1) is 0 Å². The monoisotopic (exact) mass is 369 g/mol. The zero-order valence-corrected chi connectivity index (χ0v) is 15.5. The molecule has 0 spiro atoms. The number of ether oxygens (including phenoxy) is 1. The van der Waals surface area contributed by atoms with Crippen LogP contribution in [0.5, 0.6) is 0 Å². The van der Waals surface area contributed by atoms with Crippen LogP contribution < -0.4 is 5.32 Å². The molecule has 0 atom stereocenters. The third-order valence-electron chi connectivity index (χ3n) is 4.34.